The van der Waals surface area contributed by atoms with Crippen LogP contribution in [0.1, 0.15) is 34.0 Å². The number of hydrogen-bond acceptors (Lipinski definition) is 7. The largest absolute Gasteiger partial charge is 0.493 e. The number of aryl methyl sites for hydroxylation is 1. The summed E-state index contributed by atoms with van der Waals surface area (Å²) < 4.78 is 10.9. The van der Waals surface area contributed by atoms with Crippen molar-refractivity contribution in [2.24, 2.45) is 0 Å². The van der Waals surface area contributed by atoms with Crippen molar-refractivity contribution in [1.29, 1.82) is 0 Å². The minimum absolute atomic E-state index is 0.0102. The maximum atomic E-state index is 12.7. The predicted octanol–water partition coefficient (Wildman–Crippen LogP) is 5.56. The van der Waals surface area contributed by atoms with E-state index in [2.05, 4.69) is 34.3 Å². The number of benzene rings is 2. The minimum atomic E-state index is -0.0129. The van der Waals surface area contributed by atoms with Crippen molar-refractivity contribution in [1.82, 2.24) is 14.9 Å². The van der Waals surface area contributed by atoms with E-state index < -0.39 is 0 Å². The van der Waals surface area contributed by atoms with Gasteiger partial charge in [0, 0.05) is 46.4 Å². The average Bonchev–Trinajstić information content (AvgIpc) is 3.33. The normalized spacial score (nSPS) is 11.8. The smallest absolute Gasteiger partial charge is 0.253 e. The van der Waals surface area contributed by atoms with Crippen LogP contribution in [0.15, 0.2) is 48.5 Å². The van der Waals surface area contributed by atoms with Crippen molar-refractivity contribution in [3.05, 3.63) is 64.8 Å². The number of carbonyl (C=O) groups is 1. The Bertz CT molecular complexity index is 1350. The Balaban J connectivity index is 1.67. The molecule has 0 saturated heterocycles. The molecule has 8 heteroatoms. The van der Waals surface area contributed by atoms with Crippen molar-refractivity contribution in [2.75, 3.05) is 33.6 Å². The van der Waals surface area contributed by atoms with Crippen LogP contribution in [-0.2, 0) is 0 Å². The summed E-state index contributed by atoms with van der Waals surface area (Å²) in [4.78, 5) is 25.7. The van der Waals surface area contributed by atoms with Gasteiger partial charge in [0.25, 0.3) is 5.91 Å². The molecular weight excluding hydrogens is 448 g/mol. The van der Waals surface area contributed by atoms with Crippen LogP contribution in [-0.4, -0.2) is 49.1 Å². The molecule has 2 aromatic heterocycles. The van der Waals surface area contributed by atoms with Gasteiger partial charge < -0.3 is 19.7 Å². The summed E-state index contributed by atoms with van der Waals surface area (Å²) in [7, 11) is 6.76. The molecule has 2 aromatic carbocycles. The summed E-state index contributed by atoms with van der Waals surface area (Å²) in [6, 6.07) is 15.6. The van der Waals surface area contributed by atoms with Crippen molar-refractivity contribution in [3.63, 3.8) is 0 Å². The lowest BCUT2D eigenvalue weighted by Crippen LogP contribution is -2.22. The Morgan fingerprint density at radius 3 is 2.44 bits per heavy atom. The van der Waals surface area contributed by atoms with Crippen LogP contribution in [0.3, 0.4) is 0 Å². The Labute approximate surface area is 203 Å². The summed E-state index contributed by atoms with van der Waals surface area (Å²) in [6.45, 7) is 3.96. The molecule has 0 bridgehead atoms. The van der Waals surface area contributed by atoms with Gasteiger partial charge in [-0.1, -0.05) is 18.2 Å². The maximum absolute atomic E-state index is 12.7. The van der Waals surface area contributed by atoms with Gasteiger partial charge in [-0.05, 0) is 38.1 Å². The van der Waals surface area contributed by atoms with Gasteiger partial charge in [0.15, 0.2) is 11.5 Å². The van der Waals surface area contributed by atoms with Crippen LogP contribution in [0.25, 0.3) is 21.3 Å². The molecule has 176 valence electrons. The Morgan fingerprint density at radius 1 is 1.03 bits per heavy atom. The van der Waals surface area contributed by atoms with E-state index in [1.165, 1.54) is 0 Å². The van der Waals surface area contributed by atoms with E-state index >= 15 is 0 Å². The van der Waals surface area contributed by atoms with Gasteiger partial charge in [0.1, 0.15) is 11.6 Å². The SMILES string of the molecule is COc1cc2nc(C)nc(NC(C)c3ccc(-c4ccccc4C(=O)N(C)C)s3)c2cc1OC. The van der Waals surface area contributed by atoms with Crippen LogP contribution in [0.4, 0.5) is 5.82 Å². The minimum Gasteiger partial charge on any atom is -0.493 e. The molecule has 1 unspecified atom stereocenters. The number of methoxy groups -OCH3 is 2. The van der Waals surface area contributed by atoms with Crippen molar-refractivity contribution in [3.8, 4) is 21.9 Å². The molecule has 0 radical (unpaired) electrons. The fourth-order valence-electron chi connectivity index (χ4n) is 3.81. The zero-order valence-corrected chi connectivity index (χ0v) is 21.0. The molecule has 1 atom stereocenters. The number of fused-ring (bicyclic) bond motifs is 1. The fourth-order valence-corrected chi connectivity index (χ4v) is 4.86. The quantitative estimate of drug-likeness (QED) is 0.376. The van der Waals surface area contributed by atoms with Crippen LogP contribution in [0, 0.1) is 6.92 Å². The molecule has 1 amide bonds. The summed E-state index contributed by atoms with van der Waals surface area (Å²) in [6.07, 6.45) is 0. The third kappa shape index (κ3) is 4.54. The molecule has 7 nitrogen and oxygen atoms in total. The van der Waals surface area contributed by atoms with Crippen LogP contribution >= 0.6 is 11.3 Å². The first kappa shape index (κ1) is 23.5. The van der Waals surface area contributed by atoms with Gasteiger partial charge in [0.2, 0.25) is 0 Å². The number of nitrogens with one attached hydrogen (secondary N) is 1. The number of rotatable bonds is 7. The number of aromatic nitrogens is 2. The number of hydrogen-bond donors (Lipinski definition) is 1. The van der Waals surface area contributed by atoms with Crippen LogP contribution in [0.5, 0.6) is 11.5 Å². The number of thiophene rings is 1. The monoisotopic (exact) mass is 476 g/mol. The molecule has 0 spiro atoms. The fraction of sp³-hybridized carbons (Fsp3) is 0.269. The summed E-state index contributed by atoms with van der Waals surface area (Å²) >= 11 is 1.66. The van der Waals surface area contributed by atoms with E-state index in [0.717, 1.165) is 32.0 Å². The molecule has 34 heavy (non-hydrogen) atoms. The molecular formula is C26H28N4O3S. The zero-order chi connectivity index (χ0) is 24.4. The predicted molar refractivity (Wildman–Crippen MR) is 137 cm³/mol. The second-order valence-corrected chi connectivity index (χ2v) is 9.27. The molecule has 0 aliphatic carbocycles. The van der Waals surface area contributed by atoms with E-state index in [4.69, 9.17) is 9.47 Å². The topological polar surface area (TPSA) is 76.6 Å². The summed E-state index contributed by atoms with van der Waals surface area (Å²) in [5.41, 5.74) is 2.41. The highest BCUT2D eigenvalue weighted by Crippen LogP contribution is 2.37. The zero-order valence-electron chi connectivity index (χ0n) is 20.2. The van der Waals surface area contributed by atoms with E-state index in [1.54, 1.807) is 44.6 Å². The first-order chi connectivity index (χ1) is 16.3. The average molecular weight is 477 g/mol. The third-order valence-corrected chi connectivity index (χ3v) is 6.85. The first-order valence-electron chi connectivity index (χ1n) is 10.9. The Hall–Kier alpha value is -3.65. The Kier molecular flexibility index (Phi) is 6.70. The lowest BCUT2D eigenvalue weighted by molar-refractivity contribution is 0.0828. The van der Waals surface area contributed by atoms with Gasteiger partial charge in [-0.15, -0.1) is 11.3 Å². The van der Waals surface area contributed by atoms with Crippen LogP contribution < -0.4 is 14.8 Å². The molecule has 2 heterocycles. The van der Waals surface area contributed by atoms with Crippen molar-refractivity contribution >= 4 is 34.0 Å². The summed E-state index contributed by atoms with van der Waals surface area (Å²) in [5, 5.41) is 4.39. The number of nitrogens with zero attached hydrogens (tertiary/aromatic N) is 3. The lowest BCUT2D eigenvalue weighted by atomic mass is 10.1. The molecule has 0 aliphatic rings. The van der Waals surface area contributed by atoms with Crippen molar-refractivity contribution in [2.45, 2.75) is 19.9 Å². The van der Waals surface area contributed by atoms with E-state index in [9.17, 15) is 4.79 Å². The number of anilines is 1. The number of amides is 1. The highest BCUT2D eigenvalue weighted by atomic mass is 32.1. The third-order valence-electron chi connectivity index (χ3n) is 5.55. The highest BCUT2D eigenvalue weighted by molar-refractivity contribution is 7.15. The molecule has 0 saturated carbocycles. The molecule has 1 N–H and O–H groups in total. The van der Waals surface area contributed by atoms with Crippen molar-refractivity contribution < 1.29 is 14.3 Å². The second kappa shape index (κ2) is 9.69. The lowest BCUT2D eigenvalue weighted by Gasteiger charge is -2.17. The highest BCUT2D eigenvalue weighted by Gasteiger charge is 2.18. The maximum Gasteiger partial charge on any atom is 0.253 e. The van der Waals surface area contributed by atoms with Gasteiger partial charge in [-0.2, -0.15) is 0 Å². The molecule has 0 aliphatic heterocycles. The van der Waals surface area contributed by atoms with Gasteiger partial charge in [0.05, 0.1) is 25.8 Å². The van der Waals surface area contributed by atoms with Gasteiger partial charge in [-0.3, -0.25) is 4.79 Å². The van der Waals surface area contributed by atoms with E-state index in [-0.39, 0.29) is 11.9 Å². The molecule has 4 rings (SSSR count). The van der Waals surface area contributed by atoms with Gasteiger partial charge >= 0.3 is 0 Å². The van der Waals surface area contributed by atoms with E-state index in [0.29, 0.717) is 22.9 Å². The molecule has 0 fully saturated rings. The number of carbonyl (C=O) groups excluding carboxylic acids is 1. The summed E-state index contributed by atoms with van der Waals surface area (Å²) in [5.74, 6) is 2.63. The Morgan fingerprint density at radius 2 is 1.74 bits per heavy atom. The second-order valence-electron chi connectivity index (χ2n) is 8.16. The van der Waals surface area contributed by atoms with Gasteiger partial charge in [-0.25, -0.2) is 9.97 Å². The van der Waals surface area contributed by atoms with E-state index in [1.807, 2.05) is 43.3 Å². The standard InChI is InChI=1S/C26H28N4O3S/c1-15(23-11-12-24(34-23)17-9-7-8-10-18(17)26(31)30(3)4)27-25-19-13-21(32-5)22(33-6)14-20(19)28-16(2)29-25/h7-15H,1-6H3,(H,27,28,29). The first-order valence-corrected chi connectivity index (χ1v) is 11.7. The number of ether oxygens (including phenoxy) is 2. The molecule has 4 aromatic rings. The van der Waals surface area contributed by atoms with Crippen LogP contribution in [0.2, 0.25) is 0 Å².